The third-order valence-electron chi connectivity index (χ3n) is 6.54. The zero-order valence-electron chi connectivity index (χ0n) is 19.5. The average Bonchev–Trinajstić information content (AvgIpc) is 3.52. The molecule has 6 nitrogen and oxygen atoms in total. The van der Waals surface area contributed by atoms with Gasteiger partial charge in [-0.15, -0.1) is 0 Å². The molecule has 0 saturated carbocycles. The first kappa shape index (κ1) is 24.2. The van der Waals surface area contributed by atoms with Crippen LogP contribution in [0, 0.1) is 0 Å². The topological polar surface area (TPSA) is 71.9 Å². The number of aliphatic hydroxyl groups is 1. The molecular formula is C27H28Cl2N2O4. The number of hydrogen-bond donors (Lipinski definition) is 1. The van der Waals surface area contributed by atoms with E-state index in [2.05, 4.69) is 16.0 Å². The first-order valence-electron chi connectivity index (χ1n) is 12.0. The Balaban J connectivity index is 1.16. The number of aryl methyl sites for hydroxylation is 1. The monoisotopic (exact) mass is 514 g/mol. The van der Waals surface area contributed by atoms with Gasteiger partial charge in [-0.05, 0) is 61.7 Å². The number of aromatic nitrogens is 1. The molecule has 1 N–H and O–H groups in total. The van der Waals surface area contributed by atoms with E-state index in [0.29, 0.717) is 45.5 Å². The second-order valence-electron chi connectivity index (χ2n) is 8.98. The SMILES string of the molecule is CCc1cnc(-c2cc3c(OCC(O)CN4CCC(c5ccc(Cl)c(Cl)c5)CC4)cccc3o2)o1. The lowest BCUT2D eigenvalue weighted by atomic mass is 9.89. The fraction of sp³-hybridized carbons (Fsp3) is 0.370. The number of benzene rings is 2. The number of furan rings is 1. The molecule has 0 radical (unpaired) electrons. The maximum absolute atomic E-state index is 10.7. The minimum atomic E-state index is -0.600. The summed E-state index contributed by atoms with van der Waals surface area (Å²) in [6.45, 7) is 4.61. The minimum Gasteiger partial charge on any atom is -0.490 e. The zero-order valence-corrected chi connectivity index (χ0v) is 21.1. The maximum atomic E-state index is 10.7. The van der Waals surface area contributed by atoms with Crippen LogP contribution in [0.25, 0.3) is 22.6 Å². The molecule has 1 aliphatic heterocycles. The second kappa shape index (κ2) is 10.6. The third-order valence-corrected chi connectivity index (χ3v) is 7.28. The Morgan fingerprint density at radius 1 is 1.11 bits per heavy atom. The number of fused-ring (bicyclic) bond motifs is 1. The molecule has 1 unspecified atom stereocenters. The zero-order chi connectivity index (χ0) is 24.4. The smallest absolute Gasteiger partial charge is 0.263 e. The van der Waals surface area contributed by atoms with Gasteiger partial charge in [0.05, 0.1) is 21.6 Å². The number of likely N-dealkylation sites (tertiary alicyclic amines) is 1. The predicted octanol–water partition coefficient (Wildman–Crippen LogP) is 6.58. The van der Waals surface area contributed by atoms with Gasteiger partial charge in [0.15, 0.2) is 5.76 Å². The number of halogens is 2. The van der Waals surface area contributed by atoms with Gasteiger partial charge in [0.25, 0.3) is 5.89 Å². The predicted molar refractivity (Wildman–Crippen MR) is 137 cm³/mol. The highest BCUT2D eigenvalue weighted by atomic mass is 35.5. The van der Waals surface area contributed by atoms with Crippen LogP contribution in [0.4, 0.5) is 0 Å². The van der Waals surface area contributed by atoms with Crippen molar-refractivity contribution < 1.29 is 18.7 Å². The molecule has 35 heavy (non-hydrogen) atoms. The van der Waals surface area contributed by atoms with E-state index in [0.717, 1.165) is 43.5 Å². The number of oxazole rings is 1. The van der Waals surface area contributed by atoms with Crippen molar-refractivity contribution in [2.24, 2.45) is 0 Å². The van der Waals surface area contributed by atoms with Crippen molar-refractivity contribution in [2.75, 3.05) is 26.2 Å². The van der Waals surface area contributed by atoms with E-state index in [4.69, 9.17) is 36.8 Å². The number of hydrogen-bond acceptors (Lipinski definition) is 6. The fourth-order valence-electron chi connectivity index (χ4n) is 4.60. The number of rotatable bonds is 8. The molecule has 2 aromatic heterocycles. The van der Waals surface area contributed by atoms with Gasteiger partial charge in [-0.3, -0.25) is 0 Å². The van der Waals surface area contributed by atoms with Crippen LogP contribution in [0.5, 0.6) is 5.75 Å². The Morgan fingerprint density at radius 2 is 1.94 bits per heavy atom. The van der Waals surface area contributed by atoms with E-state index in [9.17, 15) is 5.11 Å². The average molecular weight is 515 g/mol. The molecule has 2 aromatic carbocycles. The van der Waals surface area contributed by atoms with Crippen LogP contribution in [0.2, 0.25) is 10.0 Å². The maximum Gasteiger partial charge on any atom is 0.263 e. The molecular weight excluding hydrogens is 487 g/mol. The molecule has 1 aliphatic rings. The summed E-state index contributed by atoms with van der Waals surface area (Å²) in [7, 11) is 0. The minimum absolute atomic E-state index is 0.200. The van der Waals surface area contributed by atoms with Gasteiger partial charge in [-0.25, -0.2) is 4.98 Å². The number of aliphatic hydroxyl groups excluding tert-OH is 1. The van der Waals surface area contributed by atoms with Crippen molar-refractivity contribution in [3.05, 3.63) is 70.0 Å². The van der Waals surface area contributed by atoms with Crippen LogP contribution in [0.15, 0.2) is 57.5 Å². The summed E-state index contributed by atoms with van der Waals surface area (Å²) in [5.74, 6) is 2.94. The quantitative estimate of drug-likeness (QED) is 0.286. The molecule has 0 spiro atoms. The largest absolute Gasteiger partial charge is 0.490 e. The van der Waals surface area contributed by atoms with E-state index in [1.54, 1.807) is 6.20 Å². The molecule has 1 atom stereocenters. The van der Waals surface area contributed by atoms with Crippen LogP contribution in [0.1, 0.15) is 37.0 Å². The Bertz CT molecular complexity index is 1290. The van der Waals surface area contributed by atoms with Gasteiger partial charge in [-0.1, -0.05) is 42.3 Å². The molecule has 4 aromatic rings. The normalized spacial score (nSPS) is 16.1. The Labute approximate surface area is 214 Å². The first-order valence-corrected chi connectivity index (χ1v) is 12.7. The molecule has 0 bridgehead atoms. The number of ether oxygens (including phenoxy) is 1. The van der Waals surface area contributed by atoms with E-state index in [-0.39, 0.29) is 6.61 Å². The summed E-state index contributed by atoms with van der Waals surface area (Å²) in [6, 6.07) is 13.4. The molecule has 8 heteroatoms. The lowest BCUT2D eigenvalue weighted by Gasteiger charge is -2.33. The van der Waals surface area contributed by atoms with Crippen LogP contribution >= 0.6 is 23.2 Å². The third kappa shape index (κ3) is 5.51. The van der Waals surface area contributed by atoms with Gasteiger partial charge in [-0.2, -0.15) is 0 Å². The van der Waals surface area contributed by atoms with Crippen LogP contribution in [-0.2, 0) is 6.42 Å². The summed E-state index contributed by atoms with van der Waals surface area (Å²) in [5.41, 5.74) is 1.92. The summed E-state index contributed by atoms with van der Waals surface area (Å²) in [6.07, 6.45) is 3.92. The number of nitrogens with zero attached hydrogens (tertiary/aromatic N) is 2. The van der Waals surface area contributed by atoms with Crippen molar-refractivity contribution in [3.63, 3.8) is 0 Å². The van der Waals surface area contributed by atoms with E-state index < -0.39 is 6.10 Å². The summed E-state index contributed by atoms with van der Waals surface area (Å²) < 4.78 is 17.6. The van der Waals surface area contributed by atoms with Crippen molar-refractivity contribution >= 4 is 34.2 Å². The molecule has 5 rings (SSSR count). The fourth-order valence-corrected chi connectivity index (χ4v) is 4.91. The van der Waals surface area contributed by atoms with Gasteiger partial charge in [0, 0.05) is 19.0 Å². The summed E-state index contributed by atoms with van der Waals surface area (Å²) in [5, 5.41) is 12.7. The molecule has 184 valence electrons. The second-order valence-corrected chi connectivity index (χ2v) is 9.79. The van der Waals surface area contributed by atoms with Crippen LogP contribution in [-0.4, -0.2) is 47.3 Å². The van der Waals surface area contributed by atoms with E-state index in [1.807, 2.05) is 43.3 Å². The molecule has 0 amide bonds. The Morgan fingerprint density at radius 3 is 2.69 bits per heavy atom. The summed E-state index contributed by atoms with van der Waals surface area (Å²) >= 11 is 12.2. The van der Waals surface area contributed by atoms with Gasteiger partial charge in [0.2, 0.25) is 0 Å². The van der Waals surface area contributed by atoms with E-state index >= 15 is 0 Å². The Hall–Kier alpha value is -2.51. The van der Waals surface area contributed by atoms with Crippen LogP contribution in [0.3, 0.4) is 0 Å². The molecule has 1 fully saturated rings. The van der Waals surface area contributed by atoms with Gasteiger partial charge >= 0.3 is 0 Å². The van der Waals surface area contributed by atoms with Crippen molar-refractivity contribution in [2.45, 2.75) is 38.2 Å². The highest BCUT2D eigenvalue weighted by Crippen LogP contribution is 2.34. The highest BCUT2D eigenvalue weighted by Gasteiger charge is 2.23. The van der Waals surface area contributed by atoms with Crippen LogP contribution < -0.4 is 4.74 Å². The highest BCUT2D eigenvalue weighted by molar-refractivity contribution is 6.42. The first-order chi connectivity index (χ1) is 17.0. The van der Waals surface area contributed by atoms with Gasteiger partial charge < -0.3 is 23.6 Å². The van der Waals surface area contributed by atoms with Gasteiger partial charge in [0.1, 0.15) is 29.8 Å². The van der Waals surface area contributed by atoms with Crippen molar-refractivity contribution in [3.8, 4) is 17.4 Å². The molecule has 0 aliphatic carbocycles. The number of piperidine rings is 1. The standard InChI is InChI=1S/C27H28Cl2N2O4/c1-2-20-14-30-27(34-20)26-13-21-24(4-3-5-25(21)35-26)33-16-19(32)15-31-10-8-17(9-11-31)18-6-7-22(28)23(29)12-18/h3-7,12-14,17,19,32H,2,8-11,15-16H2,1H3. The summed E-state index contributed by atoms with van der Waals surface area (Å²) in [4.78, 5) is 6.58. The Kier molecular flexibility index (Phi) is 7.35. The molecule has 3 heterocycles. The van der Waals surface area contributed by atoms with Crippen molar-refractivity contribution in [1.82, 2.24) is 9.88 Å². The molecule has 1 saturated heterocycles. The lowest BCUT2D eigenvalue weighted by molar-refractivity contribution is 0.0599. The lowest BCUT2D eigenvalue weighted by Crippen LogP contribution is -2.40. The van der Waals surface area contributed by atoms with Crippen molar-refractivity contribution in [1.29, 1.82) is 0 Å². The van der Waals surface area contributed by atoms with E-state index in [1.165, 1.54) is 5.56 Å². The number of β-amino-alcohol motifs (C(OH)–C–C–N with tert-alkyl or cyclic N) is 1.